The van der Waals surface area contributed by atoms with Gasteiger partial charge in [0, 0.05) is 25.0 Å². The lowest BCUT2D eigenvalue weighted by Crippen LogP contribution is -2.40. The molecular weight excluding hydrogens is 278 g/mol. The van der Waals surface area contributed by atoms with Crippen molar-refractivity contribution in [2.75, 3.05) is 13.1 Å². The summed E-state index contributed by atoms with van der Waals surface area (Å²) in [5.74, 6) is 0.182. The van der Waals surface area contributed by atoms with E-state index in [9.17, 15) is 9.59 Å². The van der Waals surface area contributed by atoms with Gasteiger partial charge in [-0.3, -0.25) is 9.59 Å². The molecule has 0 unspecified atom stereocenters. The van der Waals surface area contributed by atoms with Gasteiger partial charge in [-0.05, 0) is 37.5 Å². The lowest BCUT2D eigenvalue weighted by Gasteiger charge is -2.30. The Morgan fingerprint density at radius 3 is 2.55 bits per heavy atom. The molecule has 0 radical (unpaired) electrons. The minimum Gasteiger partial charge on any atom is -0.426 e. The summed E-state index contributed by atoms with van der Waals surface area (Å²) in [4.78, 5) is 25.1. The summed E-state index contributed by atoms with van der Waals surface area (Å²) in [6.07, 6.45) is 1.30. The first-order valence-corrected chi connectivity index (χ1v) is 7.08. The van der Waals surface area contributed by atoms with Crippen LogP contribution in [-0.2, 0) is 9.59 Å². The molecule has 0 spiro atoms. The van der Waals surface area contributed by atoms with E-state index in [0.717, 1.165) is 5.56 Å². The number of hydrogen-bond donors (Lipinski definition) is 0. The highest BCUT2D eigenvalue weighted by molar-refractivity contribution is 6.30. The molecule has 0 saturated carbocycles. The van der Waals surface area contributed by atoms with Crippen LogP contribution in [0, 0.1) is 12.8 Å². The lowest BCUT2D eigenvalue weighted by atomic mass is 9.97. The van der Waals surface area contributed by atoms with Crippen molar-refractivity contribution >= 4 is 23.5 Å². The SMILES string of the molecule is CC(=O)N1CCC(C(=O)Oc2cc(Cl)ccc2C)CC1. The molecule has 5 heteroatoms. The van der Waals surface area contributed by atoms with Gasteiger partial charge in [-0.1, -0.05) is 17.7 Å². The second-order valence-electron chi connectivity index (χ2n) is 5.11. The fraction of sp³-hybridized carbons (Fsp3) is 0.467. The van der Waals surface area contributed by atoms with Crippen molar-refractivity contribution < 1.29 is 14.3 Å². The van der Waals surface area contributed by atoms with E-state index < -0.39 is 0 Å². The van der Waals surface area contributed by atoms with Crippen LogP contribution in [0.25, 0.3) is 0 Å². The molecule has 1 heterocycles. The number of likely N-dealkylation sites (tertiary alicyclic amines) is 1. The fourth-order valence-corrected chi connectivity index (χ4v) is 2.47. The molecule has 1 aliphatic heterocycles. The Morgan fingerprint density at radius 1 is 1.30 bits per heavy atom. The molecule has 0 atom stereocenters. The molecule has 0 aliphatic carbocycles. The molecule has 1 aliphatic rings. The molecular formula is C15H18ClNO3. The van der Waals surface area contributed by atoms with E-state index in [1.54, 1.807) is 24.0 Å². The number of nitrogens with zero attached hydrogens (tertiary/aromatic N) is 1. The van der Waals surface area contributed by atoms with Gasteiger partial charge in [0.25, 0.3) is 0 Å². The molecule has 0 N–H and O–H groups in total. The second kappa shape index (κ2) is 6.27. The van der Waals surface area contributed by atoms with E-state index in [1.165, 1.54) is 0 Å². The van der Waals surface area contributed by atoms with Crippen LogP contribution in [0.1, 0.15) is 25.3 Å². The summed E-state index contributed by atoms with van der Waals surface area (Å²) in [6.45, 7) is 4.65. The molecule has 1 saturated heterocycles. The standard InChI is InChI=1S/C15H18ClNO3/c1-10-3-4-13(16)9-14(10)20-15(19)12-5-7-17(8-6-12)11(2)18/h3-4,9,12H,5-8H2,1-2H3. The van der Waals surface area contributed by atoms with Crippen LogP contribution in [-0.4, -0.2) is 29.9 Å². The van der Waals surface area contributed by atoms with Crippen LogP contribution < -0.4 is 4.74 Å². The molecule has 20 heavy (non-hydrogen) atoms. The van der Waals surface area contributed by atoms with Gasteiger partial charge in [0.2, 0.25) is 5.91 Å². The van der Waals surface area contributed by atoms with E-state index in [2.05, 4.69) is 0 Å². The molecule has 1 aromatic rings. The highest BCUT2D eigenvalue weighted by atomic mass is 35.5. The maximum Gasteiger partial charge on any atom is 0.314 e. The maximum absolute atomic E-state index is 12.1. The number of hydrogen-bond acceptors (Lipinski definition) is 3. The minimum atomic E-state index is -0.237. The molecule has 1 amide bonds. The average molecular weight is 296 g/mol. The van der Waals surface area contributed by atoms with Crippen LogP contribution in [0.4, 0.5) is 0 Å². The van der Waals surface area contributed by atoms with Gasteiger partial charge in [0.05, 0.1) is 5.92 Å². The van der Waals surface area contributed by atoms with E-state index in [4.69, 9.17) is 16.3 Å². The van der Waals surface area contributed by atoms with E-state index in [1.807, 2.05) is 13.0 Å². The molecule has 0 aromatic heterocycles. The van der Waals surface area contributed by atoms with Crippen molar-refractivity contribution in [2.45, 2.75) is 26.7 Å². The Labute approximate surface area is 123 Å². The number of carbonyl (C=O) groups excluding carboxylic acids is 2. The van der Waals surface area contributed by atoms with Crippen molar-refractivity contribution in [1.29, 1.82) is 0 Å². The number of esters is 1. The zero-order valence-corrected chi connectivity index (χ0v) is 12.4. The van der Waals surface area contributed by atoms with Crippen LogP contribution in [0.2, 0.25) is 5.02 Å². The quantitative estimate of drug-likeness (QED) is 0.622. The third-order valence-corrected chi connectivity index (χ3v) is 3.87. The average Bonchev–Trinajstić information content (AvgIpc) is 2.43. The Bertz CT molecular complexity index is 522. The fourth-order valence-electron chi connectivity index (χ4n) is 2.31. The van der Waals surface area contributed by atoms with Gasteiger partial charge in [-0.2, -0.15) is 0 Å². The number of halogens is 1. The van der Waals surface area contributed by atoms with Crippen LogP contribution in [0.15, 0.2) is 18.2 Å². The Balaban J connectivity index is 1.96. The first-order chi connectivity index (χ1) is 9.47. The van der Waals surface area contributed by atoms with Gasteiger partial charge in [-0.25, -0.2) is 0 Å². The molecule has 2 rings (SSSR count). The number of carbonyl (C=O) groups is 2. The summed E-state index contributed by atoms with van der Waals surface area (Å²) in [7, 11) is 0. The van der Waals surface area contributed by atoms with Gasteiger partial charge in [0.1, 0.15) is 5.75 Å². The molecule has 4 nitrogen and oxygen atoms in total. The Kier molecular flexibility index (Phi) is 4.65. The van der Waals surface area contributed by atoms with Crippen molar-refractivity contribution in [3.63, 3.8) is 0 Å². The monoisotopic (exact) mass is 295 g/mol. The summed E-state index contributed by atoms with van der Waals surface area (Å²) in [6, 6.07) is 5.24. The Morgan fingerprint density at radius 2 is 1.95 bits per heavy atom. The van der Waals surface area contributed by atoms with Crippen molar-refractivity contribution in [1.82, 2.24) is 4.90 Å². The highest BCUT2D eigenvalue weighted by Crippen LogP contribution is 2.25. The molecule has 0 bridgehead atoms. The normalized spacial score (nSPS) is 16.1. The predicted molar refractivity (Wildman–Crippen MR) is 76.8 cm³/mol. The van der Waals surface area contributed by atoms with Gasteiger partial charge in [-0.15, -0.1) is 0 Å². The van der Waals surface area contributed by atoms with Gasteiger partial charge >= 0.3 is 5.97 Å². The summed E-state index contributed by atoms with van der Waals surface area (Å²) in [5, 5.41) is 0.546. The lowest BCUT2D eigenvalue weighted by molar-refractivity contribution is -0.142. The zero-order valence-electron chi connectivity index (χ0n) is 11.7. The van der Waals surface area contributed by atoms with Gasteiger partial charge in [0.15, 0.2) is 0 Å². The highest BCUT2D eigenvalue weighted by Gasteiger charge is 2.27. The predicted octanol–water partition coefficient (Wildman–Crippen LogP) is 2.81. The smallest absolute Gasteiger partial charge is 0.314 e. The Hall–Kier alpha value is -1.55. The van der Waals surface area contributed by atoms with E-state index in [0.29, 0.717) is 36.7 Å². The van der Waals surface area contributed by atoms with Gasteiger partial charge < -0.3 is 9.64 Å². The maximum atomic E-state index is 12.1. The summed E-state index contributed by atoms with van der Waals surface area (Å²) in [5.41, 5.74) is 0.879. The largest absolute Gasteiger partial charge is 0.426 e. The number of piperidine rings is 1. The number of aryl methyl sites for hydroxylation is 1. The number of benzene rings is 1. The van der Waals surface area contributed by atoms with Crippen LogP contribution in [0.3, 0.4) is 0 Å². The topological polar surface area (TPSA) is 46.6 Å². The van der Waals surface area contributed by atoms with Crippen molar-refractivity contribution in [3.8, 4) is 5.75 Å². The van der Waals surface area contributed by atoms with E-state index in [-0.39, 0.29) is 17.8 Å². The van der Waals surface area contributed by atoms with Crippen LogP contribution >= 0.6 is 11.6 Å². The molecule has 108 valence electrons. The first kappa shape index (κ1) is 14.9. The number of rotatable bonds is 2. The van der Waals surface area contributed by atoms with Crippen molar-refractivity contribution in [3.05, 3.63) is 28.8 Å². The minimum absolute atomic E-state index is 0.0579. The van der Waals surface area contributed by atoms with Crippen molar-refractivity contribution in [2.24, 2.45) is 5.92 Å². The number of amides is 1. The third kappa shape index (κ3) is 3.51. The molecule has 1 fully saturated rings. The summed E-state index contributed by atoms with van der Waals surface area (Å²) >= 11 is 5.90. The van der Waals surface area contributed by atoms with E-state index >= 15 is 0 Å². The first-order valence-electron chi connectivity index (χ1n) is 6.70. The second-order valence-corrected chi connectivity index (χ2v) is 5.55. The van der Waals surface area contributed by atoms with Crippen LogP contribution in [0.5, 0.6) is 5.75 Å². The zero-order chi connectivity index (χ0) is 14.7. The summed E-state index contributed by atoms with van der Waals surface area (Å²) < 4.78 is 5.43. The number of ether oxygens (including phenoxy) is 1. The molecule has 1 aromatic carbocycles. The third-order valence-electron chi connectivity index (χ3n) is 3.63.